The van der Waals surface area contributed by atoms with Crippen LogP contribution < -0.4 is 0 Å². The number of urea groups is 1. The Balaban J connectivity index is 1.13. The largest absolute Gasteiger partial charge is 0.416 e. The lowest BCUT2D eigenvalue weighted by Gasteiger charge is -2.39. The van der Waals surface area contributed by atoms with Crippen LogP contribution >= 0.6 is 0 Å². The first-order valence-electron chi connectivity index (χ1n) is 14.5. The van der Waals surface area contributed by atoms with Crippen molar-refractivity contribution in [1.29, 1.82) is 0 Å². The minimum absolute atomic E-state index is 0.112. The first kappa shape index (κ1) is 27.1. The highest BCUT2D eigenvalue weighted by Gasteiger charge is 2.40. The van der Waals surface area contributed by atoms with Gasteiger partial charge in [-0.1, -0.05) is 18.2 Å². The molecule has 0 spiro atoms. The highest BCUT2D eigenvalue weighted by molar-refractivity contribution is 5.95. The quantitative estimate of drug-likeness (QED) is 0.558. The molecule has 1 saturated carbocycles. The number of likely N-dealkylation sites (tertiary alicyclic amines) is 2. The van der Waals surface area contributed by atoms with Gasteiger partial charge in [-0.25, -0.2) is 4.79 Å². The zero-order valence-electron chi connectivity index (χ0n) is 22.9. The fourth-order valence-electron chi connectivity index (χ4n) is 6.57. The highest BCUT2D eigenvalue weighted by atomic mass is 19.4. The van der Waals surface area contributed by atoms with Gasteiger partial charge in [-0.3, -0.25) is 9.48 Å². The number of carbonyl (C=O) groups is 2. The van der Waals surface area contributed by atoms with E-state index in [1.54, 1.807) is 17.2 Å². The van der Waals surface area contributed by atoms with E-state index in [1.807, 2.05) is 14.5 Å². The number of rotatable bonds is 4. The maximum absolute atomic E-state index is 13.7. The Hall–Kier alpha value is -3.08. The molecule has 3 amide bonds. The highest BCUT2D eigenvalue weighted by Crippen LogP contribution is 2.44. The standard InChI is InChI=1S/C29H37F3N6O2/c1-34-14-16-36(17-15-34)28(40)35-12-9-22(10-13-35)38-26(20-6-7-20)24(18-33-38)27(39)37-11-8-21(19-37)23-4-2-3-5-25(23)29(30,31)32/h2-5,18,20-22H,6-17,19H2,1H3/t21-/m1/s1. The number of aromatic nitrogens is 2. The van der Waals surface area contributed by atoms with Gasteiger partial charge in [0.2, 0.25) is 0 Å². The Bertz CT molecular complexity index is 1240. The van der Waals surface area contributed by atoms with Crippen molar-refractivity contribution in [3.8, 4) is 0 Å². The fraction of sp³-hybridized carbons (Fsp3) is 0.621. The molecule has 8 nitrogen and oxygen atoms in total. The summed E-state index contributed by atoms with van der Waals surface area (Å²) in [7, 11) is 2.07. The van der Waals surface area contributed by atoms with E-state index >= 15 is 0 Å². The van der Waals surface area contributed by atoms with Crippen LogP contribution in [0.25, 0.3) is 0 Å². The Morgan fingerprint density at radius 1 is 0.825 bits per heavy atom. The summed E-state index contributed by atoms with van der Waals surface area (Å²) in [5.41, 5.74) is 1.20. The topological polar surface area (TPSA) is 64.9 Å². The first-order valence-corrected chi connectivity index (χ1v) is 14.5. The molecule has 4 aliphatic rings. The zero-order chi connectivity index (χ0) is 28.0. The summed E-state index contributed by atoms with van der Waals surface area (Å²) in [6.07, 6.45) is 1.34. The third-order valence-corrected chi connectivity index (χ3v) is 9.06. The molecule has 6 rings (SSSR count). The van der Waals surface area contributed by atoms with Gasteiger partial charge in [0.05, 0.1) is 29.1 Å². The molecule has 1 aromatic carbocycles. The monoisotopic (exact) mass is 558 g/mol. The predicted octanol–water partition coefficient (Wildman–Crippen LogP) is 4.41. The van der Waals surface area contributed by atoms with E-state index in [9.17, 15) is 22.8 Å². The van der Waals surface area contributed by atoms with Gasteiger partial charge in [0.15, 0.2) is 0 Å². The molecule has 0 unspecified atom stereocenters. The van der Waals surface area contributed by atoms with E-state index in [2.05, 4.69) is 17.0 Å². The molecule has 40 heavy (non-hydrogen) atoms. The van der Waals surface area contributed by atoms with Crippen molar-refractivity contribution in [3.63, 3.8) is 0 Å². The van der Waals surface area contributed by atoms with Crippen LogP contribution in [0.15, 0.2) is 30.5 Å². The predicted molar refractivity (Wildman–Crippen MR) is 143 cm³/mol. The maximum Gasteiger partial charge on any atom is 0.416 e. The number of piperidine rings is 1. The Labute approximate surface area is 232 Å². The molecular weight excluding hydrogens is 521 g/mol. The third-order valence-electron chi connectivity index (χ3n) is 9.06. The van der Waals surface area contributed by atoms with Crippen molar-refractivity contribution in [2.45, 2.75) is 56.2 Å². The number of benzene rings is 1. The average molecular weight is 559 g/mol. The normalized spacial score (nSPS) is 23.2. The van der Waals surface area contributed by atoms with E-state index in [4.69, 9.17) is 0 Å². The second-order valence-electron chi connectivity index (χ2n) is 11.8. The van der Waals surface area contributed by atoms with Gasteiger partial charge in [-0.2, -0.15) is 18.3 Å². The molecule has 216 valence electrons. The van der Waals surface area contributed by atoms with Gasteiger partial charge in [-0.15, -0.1) is 0 Å². The smallest absolute Gasteiger partial charge is 0.338 e. The molecule has 11 heteroatoms. The van der Waals surface area contributed by atoms with Crippen molar-refractivity contribution >= 4 is 11.9 Å². The number of nitrogens with zero attached hydrogens (tertiary/aromatic N) is 6. The SMILES string of the molecule is CN1CCN(C(=O)N2CCC(n3ncc(C(=O)N4CC[C@@H](c5ccccc5C(F)(F)F)C4)c3C3CC3)CC2)CC1. The number of hydrogen-bond acceptors (Lipinski definition) is 4. The number of alkyl halides is 3. The van der Waals surface area contributed by atoms with Crippen molar-refractivity contribution in [2.75, 3.05) is 59.4 Å². The second-order valence-corrected chi connectivity index (χ2v) is 11.8. The molecule has 1 aromatic heterocycles. The summed E-state index contributed by atoms with van der Waals surface area (Å²) >= 11 is 0. The lowest BCUT2D eigenvalue weighted by atomic mass is 9.93. The minimum Gasteiger partial charge on any atom is -0.338 e. The van der Waals surface area contributed by atoms with E-state index in [-0.39, 0.29) is 41.9 Å². The van der Waals surface area contributed by atoms with E-state index in [1.165, 1.54) is 12.1 Å². The van der Waals surface area contributed by atoms with E-state index < -0.39 is 11.7 Å². The summed E-state index contributed by atoms with van der Waals surface area (Å²) in [4.78, 5) is 34.5. The van der Waals surface area contributed by atoms with Crippen LogP contribution in [-0.2, 0) is 6.18 Å². The second kappa shape index (κ2) is 10.7. The van der Waals surface area contributed by atoms with Crippen LogP contribution in [0.1, 0.15) is 77.2 Å². The average Bonchev–Trinajstić information content (AvgIpc) is 3.50. The van der Waals surface area contributed by atoms with Crippen LogP contribution in [-0.4, -0.2) is 101 Å². The van der Waals surface area contributed by atoms with Crippen LogP contribution in [0.2, 0.25) is 0 Å². The fourth-order valence-corrected chi connectivity index (χ4v) is 6.57. The molecule has 0 radical (unpaired) electrons. The molecule has 2 aromatic rings. The molecule has 3 aliphatic heterocycles. The van der Waals surface area contributed by atoms with Crippen LogP contribution in [0, 0.1) is 0 Å². The molecule has 1 aliphatic carbocycles. The van der Waals surface area contributed by atoms with Crippen molar-refractivity contribution < 1.29 is 22.8 Å². The number of carbonyl (C=O) groups excluding carboxylic acids is 2. The third kappa shape index (κ3) is 5.32. The van der Waals surface area contributed by atoms with Crippen LogP contribution in [0.5, 0.6) is 0 Å². The molecule has 0 N–H and O–H groups in total. The molecule has 4 fully saturated rings. The lowest BCUT2D eigenvalue weighted by Crippen LogP contribution is -2.53. The van der Waals surface area contributed by atoms with Gasteiger partial charge in [-0.05, 0) is 50.8 Å². The van der Waals surface area contributed by atoms with Crippen molar-refractivity contribution in [1.82, 2.24) is 29.4 Å². The molecule has 4 heterocycles. The maximum atomic E-state index is 13.7. The summed E-state index contributed by atoms with van der Waals surface area (Å²) in [6.45, 7) is 5.32. The van der Waals surface area contributed by atoms with Crippen LogP contribution in [0.3, 0.4) is 0 Å². The number of hydrogen-bond donors (Lipinski definition) is 0. The number of piperazine rings is 1. The molecule has 1 atom stereocenters. The van der Waals surface area contributed by atoms with Gasteiger partial charge >= 0.3 is 12.2 Å². The Kier molecular flexibility index (Phi) is 7.27. The first-order chi connectivity index (χ1) is 19.2. The van der Waals surface area contributed by atoms with E-state index in [0.717, 1.165) is 63.6 Å². The summed E-state index contributed by atoms with van der Waals surface area (Å²) in [6, 6.07) is 5.94. The van der Waals surface area contributed by atoms with Gasteiger partial charge in [0.25, 0.3) is 5.91 Å². The van der Waals surface area contributed by atoms with Gasteiger partial charge < -0.3 is 19.6 Å². The summed E-state index contributed by atoms with van der Waals surface area (Å²) in [5.74, 6) is -0.193. The molecule has 3 saturated heterocycles. The summed E-state index contributed by atoms with van der Waals surface area (Å²) < 4.78 is 42.9. The van der Waals surface area contributed by atoms with Crippen molar-refractivity contribution in [3.05, 3.63) is 52.8 Å². The van der Waals surface area contributed by atoms with Gasteiger partial charge in [0.1, 0.15) is 0 Å². The van der Waals surface area contributed by atoms with E-state index in [0.29, 0.717) is 31.6 Å². The number of amides is 3. The number of likely N-dealkylation sites (N-methyl/N-ethyl adjacent to an activating group) is 1. The Morgan fingerprint density at radius 3 is 2.15 bits per heavy atom. The van der Waals surface area contributed by atoms with Gasteiger partial charge in [0, 0.05) is 64.2 Å². The number of halogens is 3. The minimum atomic E-state index is -4.42. The zero-order valence-corrected chi connectivity index (χ0v) is 22.9. The summed E-state index contributed by atoms with van der Waals surface area (Å²) in [5, 5.41) is 4.69. The Morgan fingerprint density at radius 2 is 1.48 bits per heavy atom. The lowest BCUT2D eigenvalue weighted by molar-refractivity contribution is -0.138. The molecular formula is C29H37F3N6O2. The molecule has 0 bridgehead atoms. The van der Waals surface area contributed by atoms with Crippen LogP contribution in [0.4, 0.5) is 18.0 Å². The van der Waals surface area contributed by atoms with Crippen molar-refractivity contribution in [2.24, 2.45) is 0 Å².